The summed E-state index contributed by atoms with van der Waals surface area (Å²) in [6.07, 6.45) is 0. The smallest absolute Gasteiger partial charge is 0.253 e. The largest absolute Gasteiger partial charge is 0.378 e. The molecule has 1 aliphatic heterocycles. The Bertz CT molecular complexity index is 883. The Morgan fingerprint density at radius 1 is 1.11 bits per heavy atom. The molecule has 2 aromatic rings. The molecule has 0 atom stereocenters. The maximum absolute atomic E-state index is 13.8. The molecule has 148 valence electrons. The highest BCUT2D eigenvalue weighted by Crippen LogP contribution is 2.26. The van der Waals surface area contributed by atoms with Crippen LogP contribution in [0.15, 0.2) is 36.4 Å². The van der Waals surface area contributed by atoms with Gasteiger partial charge in [-0.3, -0.25) is 9.59 Å². The van der Waals surface area contributed by atoms with E-state index < -0.39 is 11.6 Å². The molecule has 1 saturated heterocycles. The van der Waals surface area contributed by atoms with Crippen LogP contribution in [0.2, 0.25) is 0 Å². The molecule has 0 saturated carbocycles. The molecule has 0 spiro atoms. The third-order valence-corrected chi connectivity index (χ3v) is 4.37. The second-order valence-corrected chi connectivity index (χ2v) is 6.43. The minimum absolute atomic E-state index is 0.0685. The second kappa shape index (κ2) is 8.79. The number of morpholine rings is 1. The van der Waals surface area contributed by atoms with Crippen LogP contribution in [0.1, 0.15) is 22.8 Å². The molecule has 2 aromatic carbocycles. The number of hydrogen-bond donors (Lipinski definition) is 2. The summed E-state index contributed by atoms with van der Waals surface area (Å²) in [6, 6.07) is 8.22. The average Bonchev–Trinajstić information content (AvgIpc) is 2.67. The summed E-state index contributed by atoms with van der Waals surface area (Å²) >= 11 is 0. The lowest BCUT2D eigenvalue weighted by Gasteiger charge is -2.30. The number of carbonyl (C=O) groups is 2. The Labute approximate surface area is 161 Å². The highest BCUT2D eigenvalue weighted by Gasteiger charge is 2.20. The lowest BCUT2D eigenvalue weighted by Crippen LogP contribution is -2.38. The third-order valence-electron chi connectivity index (χ3n) is 4.37. The van der Waals surface area contributed by atoms with Crippen LogP contribution in [-0.2, 0) is 16.1 Å². The Balaban J connectivity index is 1.81. The SMILES string of the molecule is CC(=O)Nc1ccc(C(=O)NCc2ccc(F)cc2F)c(N2CCOCC2)c1. The van der Waals surface area contributed by atoms with E-state index >= 15 is 0 Å². The highest BCUT2D eigenvalue weighted by molar-refractivity contribution is 6.01. The third kappa shape index (κ3) is 4.83. The van der Waals surface area contributed by atoms with Gasteiger partial charge in [0.2, 0.25) is 5.91 Å². The summed E-state index contributed by atoms with van der Waals surface area (Å²) in [5, 5.41) is 5.38. The van der Waals surface area contributed by atoms with E-state index in [-0.39, 0.29) is 23.9 Å². The molecule has 2 amide bonds. The molecule has 3 rings (SSSR count). The van der Waals surface area contributed by atoms with Crippen molar-refractivity contribution in [3.8, 4) is 0 Å². The van der Waals surface area contributed by atoms with Crippen LogP contribution in [0.25, 0.3) is 0 Å². The number of ether oxygens (including phenoxy) is 1. The fourth-order valence-corrected chi connectivity index (χ4v) is 3.01. The van der Waals surface area contributed by atoms with Gasteiger partial charge in [0.25, 0.3) is 5.91 Å². The van der Waals surface area contributed by atoms with E-state index in [4.69, 9.17) is 4.74 Å². The Morgan fingerprint density at radius 3 is 2.54 bits per heavy atom. The number of benzene rings is 2. The second-order valence-electron chi connectivity index (χ2n) is 6.43. The summed E-state index contributed by atoms with van der Waals surface area (Å²) in [7, 11) is 0. The van der Waals surface area contributed by atoms with Crippen LogP contribution in [0.4, 0.5) is 20.2 Å². The van der Waals surface area contributed by atoms with Crippen molar-refractivity contribution in [3.05, 3.63) is 59.2 Å². The lowest BCUT2D eigenvalue weighted by atomic mass is 10.1. The fourth-order valence-electron chi connectivity index (χ4n) is 3.01. The normalized spacial score (nSPS) is 13.9. The average molecular weight is 389 g/mol. The number of nitrogens with zero attached hydrogens (tertiary/aromatic N) is 1. The molecule has 1 fully saturated rings. The van der Waals surface area contributed by atoms with Gasteiger partial charge in [-0.1, -0.05) is 6.07 Å². The quantitative estimate of drug-likeness (QED) is 0.825. The molecule has 0 aromatic heterocycles. The van der Waals surface area contributed by atoms with Gasteiger partial charge >= 0.3 is 0 Å². The van der Waals surface area contributed by atoms with Gasteiger partial charge in [0.05, 0.1) is 24.5 Å². The maximum Gasteiger partial charge on any atom is 0.253 e. The van der Waals surface area contributed by atoms with E-state index in [9.17, 15) is 18.4 Å². The van der Waals surface area contributed by atoms with Gasteiger partial charge in [-0.2, -0.15) is 0 Å². The van der Waals surface area contributed by atoms with E-state index in [0.29, 0.717) is 43.2 Å². The number of halogens is 2. The van der Waals surface area contributed by atoms with E-state index in [1.54, 1.807) is 18.2 Å². The van der Waals surface area contributed by atoms with E-state index in [1.807, 2.05) is 4.90 Å². The first-order chi connectivity index (χ1) is 13.4. The van der Waals surface area contributed by atoms with Crippen LogP contribution < -0.4 is 15.5 Å². The first kappa shape index (κ1) is 19.8. The molecule has 1 heterocycles. The zero-order valence-corrected chi connectivity index (χ0v) is 15.4. The van der Waals surface area contributed by atoms with Crippen LogP contribution in [-0.4, -0.2) is 38.1 Å². The van der Waals surface area contributed by atoms with Crippen LogP contribution in [0, 0.1) is 11.6 Å². The zero-order chi connectivity index (χ0) is 20.1. The molecule has 1 aliphatic rings. The minimum Gasteiger partial charge on any atom is -0.378 e. The van der Waals surface area contributed by atoms with E-state index in [0.717, 1.165) is 12.1 Å². The van der Waals surface area contributed by atoms with Gasteiger partial charge in [-0.25, -0.2) is 8.78 Å². The molecule has 0 radical (unpaired) electrons. The number of amides is 2. The standard InChI is InChI=1S/C20H21F2N3O3/c1-13(26)24-16-4-5-17(19(11-16)25-6-8-28-9-7-25)20(27)23-12-14-2-3-15(21)10-18(14)22/h2-5,10-11H,6-9,12H2,1H3,(H,23,27)(H,24,26). The molecular formula is C20H21F2N3O3. The van der Waals surface area contributed by atoms with Gasteiger partial charge in [-0.05, 0) is 24.3 Å². The van der Waals surface area contributed by atoms with Crippen molar-refractivity contribution in [1.82, 2.24) is 5.32 Å². The summed E-state index contributed by atoms with van der Waals surface area (Å²) in [4.78, 5) is 26.1. The lowest BCUT2D eigenvalue weighted by molar-refractivity contribution is -0.114. The van der Waals surface area contributed by atoms with Crippen molar-refractivity contribution in [2.75, 3.05) is 36.5 Å². The number of rotatable bonds is 5. The fraction of sp³-hybridized carbons (Fsp3) is 0.300. The van der Waals surface area contributed by atoms with E-state index in [1.165, 1.54) is 13.0 Å². The van der Waals surface area contributed by atoms with Crippen molar-refractivity contribution in [3.63, 3.8) is 0 Å². The van der Waals surface area contributed by atoms with E-state index in [2.05, 4.69) is 10.6 Å². The Hall–Kier alpha value is -3.00. The zero-order valence-electron chi connectivity index (χ0n) is 15.4. The van der Waals surface area contributed by atoms with Crippen molar-refractivity contribution in [2.24, 2.45) is 0 Å². The van der Waals surface area contributed by atoms with Crippen LogP contribution in [0.3, 0.4) is 0 Å². The highest BCUT2D eigenvalue weighted by atomic mass is 19.1. The number of anilines is 2. The topological polar surface area (TPSA) is 70.7 Å². The van der Waals surface area contributed by atoms with Gasteiger partial charge < -0.3 is 20.3 Å². The minimum atomic E-state index is -0.713. The predicted octanol–water partition coefficient (Wildman–Crippen LogP) is 2.69. The summed E-state index contributed by atoms with van der Waals surface area (Å²) in [6.45, 7) is 3.62. The first-order valence-electron chi connectivity index (χ1n) is 8.90. The summed E-state index contributed by atoms with van der Waals surface area (Å²) < 4.78 is 32.2. The summed E-state index contributed by atoms with van der Waals surface area (Å²) in [5.41, 5.74) is 1.83. The van der Waals surface area contributed by atoms with Gasteiger partial charge in [0.15, 0.2) is 0 Å². The monoisotopic (exact) mass is 389 g/mol. The van der Waals surface area contributed by atoms with Crippen molar-refractivity contribution in [2.45, 2.75) is 13.5 Å². The first-order valence-corrected chi connectivity index (χ1v) is 8.90. The van der Waals surface area contributed by atoms with Gasteiger partial charge in [-0.15, -0.1) is 0 Å². The van der Waals surface area contributed by atoms with Crippen molar-refractivity contribution >= 4 is 23.2 Å². The number of nitrogens with one attached hydrogen (secondary N) is 2. The Morgan fingerprint density at radius 2 is 1.86 bits per heavy atom. The van der Waals surface area contributed by atoms with Crippen LogP contribution >= 0.6 is 0 Å². The number of hydrogen-bond acceptors (Lipinski definition) is 4. The summed E-state index contributed by atoms with van der Waals surface area (Å²) in [5.74, 6) is -1.98. The van der Waals surface area contributed by atoms with Crippen molar-refractivity contribution < 1.29 is 23.1 Å². The molecule has 2 N–H and O–H groups in total. The molecule has 0 aliphatic carbocycles. The predicted molar refractivity (Wildman–Crippen MR) is 101 cm³/mol. The molecule has 8 heteroatoms. The Kier molecular flexibility index (Phi) is 6.20. The molecule has 6 nitrogen and oxygen atoms in total. The van der Waals surface area contributed by atoms with Gasteiger partial charge in [0, 0.05) is 43.9 Å². The molecule has 28 heavy (non-hydrogen) atoms. The van der Waals surface area contributed by atoms with Crippen LogP contribution in [0.5, 0.6) is 0 Å². The maximum atomic E-state index is 13.8. The molecule has 0 unspecified atom stereocenters. The molecular weight excluding hydrogens is 368 g/mol. The van der Waals surface area contributed by atoms with Crippen molar-refractivity contribution in [1.29, 1.82) is 0 Å². The number of carbonyl (C=O) groups excluding carboxylic acids is 2. The van der Waals surface area contributed by atoms with Gasteiger partial charge in [0.1, 0.15) is 11.6 Å². The molecule has 0 bridgehead atoms.